The van der Waals surface area contributed by atoms with Gasteiger partial charge in [0.15, 0.2) is 0 Å². The van der Waals surface area contributed by atoms with E-state index in [1.807, 2.05) is 24.3 Å². The molecule has 0 bridgehead atoms. The second-order valence-corrected chi connectivity index (χ2v) is 4.39. The molecule has 0 fully saturated rings. The first-order valence-corrected chi connectivity index (χ1v) is 6.03. The van der Waals surface area contributed by atoms with Gasteiger partial charge in [-0.2, -0.15) is 0 Å². The highest BCUT2D eigenvalue weighted by Crippen LogP contribution is 2.10. The fourth-order valence-electron chi connectivity index (χ4n) is 1.86. The van der Waals surface area contributed by atoms with Crippen molar-refractivity contribution in [2.45, 2.75) is 6.54 Å². The number of fused-ring (bicyclic) bond motifs is 1. The van der Waals surface area contributed by atoms with Crippen LogP contribution in [0.4, 0.5) is 0 Å². The van der Waals surface area contributed by atoms with Gasteiger partial charge in [0.05, 0.1) is 41.9 Å². The fourth-order valence-corrected chi connectivity index (χ4v) is 1.96. The minimum absolute atomic E-state index is 0.171. The van der Waals surface area contributed by atoms with Gasteiger partial charge in [-0.1, -0.05) is 23.7 Å². The Bertz CT molecular complexity index is 783. The zero-order valence-corrected chi connectivity index (χ0v) is 10.6. The van der Waals surface area contributed by atoms with E-state index < -0.39 is 0 Å². The smallest absolute Gasteiger partial charge is 0.269 e. The molecule has 0 atom stereocenters. The number of hydrogen-bond acceptors (Lipinski definition) is 4. The molecular formula is C13H9ClN4O. The lowest BCUT2D eigenvalue weighted by atomic mass is 10.3. The van der Waals surface area contributed by atoms with Gasteiger partial charge in [0.2, 0.25) is 0 Å². The van der Waals surface area contributed by atoms with Gasteiger partial charge in [-0.05, 0) is 12.1 Å². The Labute approximate surface area is 113 Å². The summed E-state index contributed by atoms with van der Waals surface area (Å²) >= 11 is 5.69. The van der Waals surface area contributed by atoms with E-state index in [9.17, 15) is 4.79 Å². The summed E-state index contributed by atoms with van der Waals surface area (Å²) in [6.07, 6.45) is 4.33. The highest BCUT2D eigenvalue weighted by atomic mass is 35.5. The number of para-hydroxylation sites is 2. The van der Waals surface area contributed by atoms with Crippen molar-refractivity contribution >= 4 is 22.6 Å². The van der Waals surface area contributed by atoms with E-state index in [0.717, 1.165) is 11.0 Å². The van der Waals surface area contributed by atoms with Crippen LogP contribution in [0.15, 0.2) is 47.7 Å². The Balaban J connectivity index is 2.12. The largest absolute Gasteiger partial charge is 0.299 e. The summed E-state index contributed by atoms with van der Waals surface area (Å²) in [6.45, 7) is 0.339. The van der Waals surface area contributed by atoms with Crippen molar-refractivity contribution in [1.82, 2.24) is 19.5 Å². The molecule has 0 saturated heterocycles. The lowest BCUT2D eigenvalue weighted by Gasteiger charge is -2.08. The summed E-state index contributed by atoms with van der Waals surface area (Å²) in [4.78, 5) is 24.1. The lowest BCUT2D eigenvalue weighted by molar-refractivity contribution is 0.759. The minimum atomic E-state index is -0.171. The van der Waals surface area contributed by atoms with Crippen LogP contribution in [0.25, 0.3) is 11.0 Å². The van der Waals surface area contributed by atoms with Crippen molar-refractivity contribution in [2.75, 3.05) is 0 Å². The quantitative estimate of drug-likeness (QED) is 0.715. The zero-order valence-electron chi connectivity index (χ0n) is 9.82. The number of hydrogen-bond donors (Lipinski definition) is 0. The predicted octanol–water partition coefficient (Wildman–Crippen LogP) is 1.89. The van der Waals surface area contributed by atoms with Crippen LogP contribution in [-0.4, -0.2) is 19.5 Å². The summed E-state index contributed by atoms with van der Waals surface area (Å²) in [5, 5.41) is 0.329. The number of aromatic nitrogens is 4. The summed E-state index contributed by atoms with van der Waals surface area (Å²) < 4.78 is 1.61. The molecule has 0 radical (unpaired) electrons. The molecule has 0 spiro atoms. The molecule has 3 aromatic rings. The molecule has 5 nitrogen and oxygen atoms in total. The van der Waals surface area contributed by atoms with E-state index in [4.69, 9.17) is 11.6 Å². The molecule has 0 amide bonds. The third kappa shape index (κ3) is 2.32. The highest BCUT2D eigenvalue weighted by molar-refractivity contribution is 6.29. The van der Waals surface area contributed by atoms with Crippen LogP contribution in [0, 0.1) is 0 Å². The van der Waals surface area contributed by atoms with Crippen molar-refractivity contribution in [3.8, 4) is 0 Å². The molecule has 0 saturated carbocycles. The van der Waals surface area contributed by atoms with Gasteiger partial charge in [0.25, 0.3) is 5.56 Å². The van der Waals surface area contributed by atoms with Crippen LogP contribution < -0.4 is 5.56 Å². The maximum atomic E-state index is 11.9. The SMILES string of the molecule is O=c1cnc2ccccc2n1Cc1cnc(Cl)cn1. The number of benzene rings is 1. The van der Waals surface area contributed by atoms with E-state index in [1.54, 1.807) is 10.8 Å². The molecule has 2 aromatic heterocycles. The van der Waals surface area contributed by atoms with Crippen molar-refractivity contribution < 1.29 is 0 Å². The molecule has 6 heteroatoms. The Hall–Kier alpha value is -2.27. The van der Waals surface area contributed by atoms with Gasteiger partial charge in [0, 0.05) is 0 Å². The number of halogens is 1. The van der Waals surface area contributed by atoms with E-state index in [-0.39, 0.29) is 5.56 Å². The molecule has 1 aromatic carbocycles. The Kier molecular flexibility index (Phi) is 2.97. The monoisotopic (exact) mass is 272 g/mol. The fraction of sp³-hybridized carbons (Fsp3) is 0.0769. The van der Waals surface area contributed by atoms with Gasteiger partial charge in [0.1, 0.15) is 5.15 Å². The maximum absolute atomic E-state index is 11.9. The van der Waals surface area contributed by atoms with E-state index >= 15 is 0 Å². The minimum Gasteiger partial charge on any atom is -0.299 e. The third-order valence-electron chi connectivity index (χ3n) is 2.75. The highest BCUT2D eigenvalue weighted by Gasteiger charge is 2.05. The molecule has 0 aliphatic carbocycles. The third-order valence-corrected chi connectivity index (χ3v) is 2.94. The van der Waals surface area contributed by atoms with Crippen molar-refractivity contribution in [3.63, 3.8) is 0 Å². The van der Waals surface area contributed by atoms with Crippen LogP contribution in [-0.2, 0) is 6.54 Å². The Morgan fingerprint density at radius 3 is 2.68 bits per heavy atom. The van der Waals surface area contributed by atoms with Crippen molar-refractivity contribution in [3.05, 3.63) is 64.1 Å². The first kappa shape index (κ1) is 11.8. The number of nitrogens with zero attached hydrogens (tertiary/aromatic N) is 4. The van der Waals surface area contributed by atoms with Gasteiger partial charge in [-0.15, -0.1) is 0 Å². The summed E-state index contributed by atoms with van der Waals surface area (Å²) in [5.41, 5.74) is 2.04. The molecule has 2 heterocycles. The van der Waals surface area contributed by atoms with Gasteiger partial charge >= 0.3 is 0 Å². The Morgan fingerprint density at radius 1 is 1.05 bits per heavy atom. The average Bonchev–Trinajstić information content (AvgIpc) is 2.44. The molecule has 0 aliphatic rings. The van der Waals surface area contributed by atoms with Gasteiger partial charge in [-0.25, -0.2) is 9.97 Å². The van der Waals surface area contributed by atoms with Crippen LogP contribution in [0.2, 0.25) is 5.15 Å². The van der Waals surface area contributed by atoms with Crippen molar-refractivity contribution in [1.29, 1.82) is 0 Å². The van der Waals surface area contributed by atoms with Crippen LogP contribution in [0.1, 0.15) is 5.69 Å². The van der Waals surface area contributed by atoms with Crippen LogP contribution >= 0.6 is 11.6 Å². The normalized spacial score (nSPS) is 10.8. The van der Waals surface area contributed by atoms with Crippen LogP contribution in [0.3, 0.4) is 0 Å². The van der Waals surface area contributed by atoms with E-state index in [1.165, 1.54) is 12.4 Å². The summed E-state index contributed by atoms with van der Waals surface area (Å²) in [5.74, 6) is 0. The molecule has 0 aliphatic heterocycles. The molecular weight excluding hydrogens is 264 g/mol. The molecule has 94 valence electrons. The van der Waals surface area contributed by atoms with Crippen LogP contribution in [0.5, 0.6) is 0 Å². The number of rotatable bonds is 2. The molecule has 3 rings (SSSR count). The molecule has 0 unspecified atom stereocenters. The maximum Gasteiger partial charge on any atom is 0.269 e. The van der Waals surface area contributed by atoms with E-state index in [2.05, 4.69) is 15.0 Å². The summed E-state index contributed by atoms with van der Waals surface area (Å²) in [7, 11) is 0. The summed E-state index contributed by atoms with van der Waals surface area (Å²) in [6, 6.07) is 7.46. The molecule has 0 N–H and O–H groups in total. The topological polar surface area (TPSA) is 60.7 Å². The second-order valence-electron chi connectivity index (χ2n) is 4.00. The average molecular weight is 273 g/mol. The molecule has 19 heavy (non-hydrogen) atoms. The van der Waals surface area contributed by atoms with E-state index in [0.29, 0.717) is 17.4 Å². The first-order chi connectivity index (χ1) is 9.24. The second kappa shape index (κ2) is 4.78. The predicted molar refractivity (Wildman–Crippen MR) is 72.1 cm³/mol. The zero-order chi connectivity index (χ0) is 13.2. The first-order valence-electron chi connectivity index (χ1n) is 5.65. The lowest BCUT2D eigenvalue weighted by Crippen LogP contribution is -2.21. The Morgan fingerprint density at radius 2 is 1.89 bits per heavy atom. The van der Waals surface area contributed by atoms with Gasteiger partial charge < -0.3 is 0 Å². The standard InChI is InChI=1S/C13H9ClN4O/c14-12-6-15-9(5-17-12)8-18-11-4-2-1-3-10(11)16-7-13(18)19/h1-7H,8H2. The van der Waals surface area contributed by atoms with Gasteiger partial charge in [-0.3, -0.25) is 14.3 Å². The van der Waals surface area contributed by atoms with Crippen molar-refractivity contribution in [2.24, 2.45) is 0 Å².